The maximum atomic E-state index is 13.2. The molecule has 35 heavy (non-hydrogen) atoms. The number of alkyl carbamates (subject to hydrolysis) is 1. The highest BCUT2D eigenvalue weighted by molar-refractivity contribution is 5.93. The predicted molar refractivity (Wildman–Crippen MR) is 133 cm³/mol. The molecule has 2 amide bonds. The molecule has 4 rings (SSSR count). The summed E-state index contributed by atoms with van der Waals surface area (Å²) >= 11 is 0. The second-order valence-electron chi connectivity index (χ2n) is 9.81. The van der Waals surface area contributed by atoms with Crippen LogP contribution in [0.2, 0.25) is 0 Å². The zero-order valence-electron chi connectivity index (χ0n) is 20.3. The molecule has 0 saturated heterocycles. The Morgan fingerprint density at radius 3 is 2.14 bits per heavy atom. The van der Waals surface area contributed by atoms with E-state index in [4.69, 9.17) is 4.74 Å². The average molecular weight is 477 g/mol. The Balaban J connectivity index is 1.44. The Morgan fingerprint density at radius 1 is 1.06 bits per heavy atom. The number of carboxylic acid groups (broad SMARTS) is 1. The first kappa shape index (κ1) is 24.5. The van der Waals surface area contributed by atoms with E-state index in [1.54, 1.807) is 13.0 Å². The van der Waals surface area contributed by atoms with Crippen molar-refractivity contribution in [2.24, 2.45) is 5.92 Å². The fraction of sp³-hybridized carbons (Fsp3) is 0.393. The van der Waals surface area contributed by atoms with E-state index in [0.29, 0.717) is 0 Å². The van der Waals surface area contributed by atoms with Crippen LogP contribution in [0.1, 0.15) is 57.1 Å². The molecule has 7 nitrogen and oxygen atoms in total. The molecule has 2 aromatic rings. The molecule has 2 aliphatic carbocycles. The quantitative estimate of drug-likeness (QED) is 0.458. The highest BCUT2D eigenvalue weighted by Gasteiger charge is 2.49. The third-order valence-electron chi connectivity index (χ3n) is 6.94. The Bertz CT molecular complexity index is 1120. The number of carboxylic acids is 1. The summed E-state index contributed by atoms with van der Waals surface area (Å²) in [5.74, 6) is -1.78. The molecule has 2 unspecified atom stereocenters. The second-order valence-corrected chi connectivity index (χ2v) is 9.81. The standard InChI is InChI=1S/C28H32N2O5/c1-17(2)12-15-24(25(31)32)29-26(33)28(3,18-13-14-18)30-27(34)35-16-23-21-10-6-4-8-19(21)20-9-5-7-11-22(20)23/h4-12,18,23-24H,13-16H2,1-3H3,(H,29,33)(H,30,34)(H,31,32). The molecule has 0 radical (unpaired) electrons. The summed E-state index contributed by atoms with van der Waals surface area (Å²) in [7, 11) is 0. The van der Waals surface area contributed by atoms with E-state index in [1.807, 2.05) is 50.2 Å². The summed E-state index contributed by atoms with van der Waals surface area (Å²) in [5.41, 5.74) is 4.19. The fourth-order valence-corrected chi connectivity index (χ4v) is 4.73. The third kappa shape index (κ3) is 5.24. The molecule has 1 saturated carbocycles. The molecule has 0 bridgehead atoms. The molecular weight excluding hydrogens is 444 g/mol. The Kier molecular flexibility index (Phi) is 6.96. The normalized spacial score (nSPS) is 16.8. The first-order valence-corrected chi connectivity index (χ1v) is 12.0. The number of amides is 2. The van der Waals surface area contributed by atoms with Crippen LogP contribution < -0.4 is 10.6 Å². The van der Waals surface area contributed by atoms with E-state index < -0.39 is 29.6 Å². The van der Waals surface area contributed by atoms with Gasteiger partial charge in [-0.05, 0) is 68.2 Å². The van der Waals surface area contributed by atoms with Crippen LogP contribution in [0.3, 0.4) is 0 Å². The van der Waals surface area contributed by atoms with E-state index in [-0.39, 0.29) is 24.9 Å². The monoisotopic (exact) mass is 476 g/mol. The number of allylic oxidation sites excluding steroid dienone is 1. The number of aliphatic carboxylic acids is 1. The van der Waals surface area contributed by atoms with Crippen LogP contribution in [-0.2, 0) is 14.3 Å². The Labute approximate surface area is 205 Å². The number of hydrogen-bond donors (Lipinski definition) is 3. The summed E-state index contributed by atoms with van der Waals surface area (Å²) in [6.07, 6.45) is 2.81. The second kappa shape index (κ2) is 9.94. The van der Waals surface area contributed by atoms with Gasteiger partial charge in [0.2, 0.25) is 5.91 Å². The van der Waals surface area contributed by atoms with Crippen molar-refractivity contribution in [3.05, 3.63) is 71.3 Å². The van der Waals surface area contributed by atoms with Gasteiger partial charge in [-0.3, -0.25) is 4.79 Å². The van der Waals surface area contributed by atoms with Gasteiger partial charge in [0.1, 0.15) is 18.2 Å². The van der Waals surface area contributed by atoms with E-state index in [2.05, 4.69) is 22.8 Å². The average Bonchev–Trinajstić information content (AvgIpc) is 3.64. The van der Waals surface area contributed by atoms with Gasteiger partial charge in [0.05, 0.1) is 0 Å². The highest BCUT2D eigenvalue weighted by atomic mass is 16.5. The minimum atomic E-state index is -1.25. The highest BCUT2D eigenvalue weighted by Crippen LogP contribution is 2.44. The molecule has 0 aromatic heterocycles. The Hall–Kier alpha value is -3.61. The first-order valence-electron chi connectivity index (χ1n) is 12.0. The van der Waals surface area contributed by atoms with Gasteiger partial charge in [0, 0.05) is 5.92 Å². The maximum Gasteiger partial charge on any atom is 0.408 e. The number of rotatable bonds is 9. The molecule has 2 aliphatic rings. The molecule has 3 N–H and O–H groups in total. The number of ether oxygens (including phenoxy) is 1. The van der Waals surface area contributed by atoms with Crippen molar-refractivity contribution in [3.63, 3.8) is 0 Å². The van der Waals surface area contributed by atoms with E-state index in [1.165, 1.54) is 0 Å². The van der Waals surface area contributed by atoms with Crippen LogP contribution in [-0.4, -0.2) is 41.3 Å². The molecule has 0 aliphatic heterocycles. The number of hydrogen-bond acceptors (Lipinski definition) is 4. The first-order chi connectivity index (χ1) is 16.7. The van der Waals surface area contributed by atoms with Crippen LogP contribution in [0.4, 0.5) is 4.79 Å². The molecule has 2 atom stereocenters. The summed E-state index contributed by atoms with van der Waals surface area (Å²) in [6, 6.07) is 15.1. The van der Waals surface area contributed by atoms with Crippen LogP contribution >= 0.6 is 0 Å². The van der Waals surface area contributed by atoms with Gasteiger partial charge in [-0.15, -0.1) is 0 Å². The topological polar surface area (TPSA) is 105 Å². The van der Waals surface area contributed by atoms with Crippen molar-refractivity contribution in [1.82, 2.24) is 10.6 Å². The number of carbonyl (C=O) groups excluding carboxylic acids is 2. The minimum absolute atomic E-state index is 0.0686. The fourth-order valence-electron chi connectivity index (χ4n) is 4.73. The van der Waals surface area contributed by atoms with Gasteiger partial charge in [-0.2, -0.15) is 0 Å². The third-order valence-corrected chi connectivity index (χ3v) is 6.94. The SMILES string of the molecule is CC(C)=CCC(NC(=O)C(C)(NC(=O)OCC1c2ccccc2-c2ccccc21)C1CC1)C(=O)O. The molecule has 184 valence electrons. The number of fused-ring (bicyclic) bond motifs is 3. The van der Waals surface area contributed by atoms with Crippen molar-refractivity contribution < 1.29 is 24.2 Å². The Morgan fingerprint density at radius 2 is 1.63 bits per heavy atom. The largest absolute Gasteiger partial charge is 0.480 e. The van der Waals surface area contributed by atoms with Gasteiger partial charge < -0.3 is 20.5 Å². The molecule has 0 spiro atoms. The van der Waals surface area contributed by atoms with Gasteiger partial charge in [-0.25, -0.2) is 9.59 Å². The van der Waals surface area contributed by atoms with Gasteiger partial charge in [0.25, 0.3) is 0 Å². The van der Waals surface area contributed by atoms with Crippen molar-refractivity contribution in [1.29, 1.82) is 0 Å². The van der Waals surface area contributed by atoms with Crippen LogP contribution in [0, 0.1) is 5.92 Å². The van der Waals surface area contributed by atoms with Crippen molar-refractivity contribution in [3.8, 4) is 11.1 Å². The molecular formula is C28H32N2O5. The van der Waals surface area contributed by atoms with E-state index in [0.717, 1.165) is 40.7 Å². The number of carbonyl (C=O) groups is 3. The van der Waals surface area contributed by atoms with Gasteiger partial charge >= 0.3 is 12.1 Å². The summed E-state index contributed by atoms with van der Waals surface area (Å²) in [6.45, 7) is 5.52. The van der Waals surface area contributed by atoms with Crippen molar-refractivity contribution in [2.45, 2.75) is 57.5 Å². The summed E-state index contributed by atoms with van der Waals surface area (Å²) in [5, 5.41) is 14.9. The van der Waals surface area contributed by atoms with Gasteiger partial charge in [-0.1, -0.05) is 60.2 Å². The lowest BCUT2D eigenvalue weighted by molar-refractivity contribution is -0.142. The van der Waals surface area contributed by atoms with Crippen molar-refractivity contribution in [2.75, 3.05) is 6.61 Å². The number of nitrogens with one attached hydrogen (secondary N) is 2. The summed E-state index contributed by atoms with van der Waals surface area (Å²) in [4.78, 5) is 37.7. The van der Waals surface area contributed by atoms with Crippen LogP contribution in [0.25, 0.3) is 11.1 Å². The van der Waals surface area contributed by atoms with Crippen LogP contribution in [0.5, 0.6) is 0 Å². The lowest BCUT2D eigenvalue weighted by Crippen LogP contribution is -2.61. The lowest BCUT2D eigenvalue weighted by Gasteiger charge is -2.30. The van der Waals surface area contributed by atoms with E-state index >= 15 is 0 Å². The maximum absolute atomic E-state index is 13.2. The smallest absolute Gasteiger partial charge is 0.408 e. The summed E-state index contributed by atoms with van der Waals surface area (Å²) < 4.78 is 5.64. The lowest BCUT2D eigenvalue weighted by atomic mass is 9.94. The molecule has 0 heterocycles. The molecule has 1 fully saturated rings. The van der Waals surface area contributed by atoms with Crippen LogP contribution in [0.15, 0.2) is 60.2 Å². The zero-order valence-corrected chi connectivity index (χ0v) is 20.3. The van der Waals surface area contributed by atoms with Crippen molar-refractivity contribution >= 4 is 18.0 Å². The minimum Gasteiger partial charge on any atom is -0.480 e. The van der Waals surface area contributed by atoms with Gasteiger partial charge in [0.15, 0.2) is 0 Å². The molecule has 7 heteroatoms. The number of benzene rings is 2. The zero-order chi connectivity index (χ0) is 25.2. The predicted octanol–water partition coefficient (Wildman–Crippen LogP) is 4.62. The van der Waals surface area contributed by atoms with E-state index in [9.17, 15) is 19.5 Å². The molecule has 2 aromatic carbocycles.